The van der Waals surface area contributed by atoms with Crippen LogP contribution in [-0.2, 0) is 9.53 Å². The zero-order valence-corrected chi connectivity index (χ0v) is 10.5. The molecule has 100 valence electrons. The largest absolute Gasteiger partial charge is 0.504 e. The lowest BCUT2D eigenvalue weighted by Crippen LogP contribution is -2.16. The van der Waals surface area contributed by atoms with Crippen LogP contribution in [0.2, 0.25) is 5.02 Å². The highest BCUT2D eigenvalue weighted by molar-refractivity contribution is 6.32. The number of aliphatic hydroxyl groups excluding tert-OH is 1. The summed E-state index contributed by atoms with van der Waals surface area (Å²) in [5.74, 6) is -3.43. The maximum atomic E-state index is 13.6. The minimum absolute atomic E-state index is 0.0447. The van der Waals surface area contributed by atoms with Crippen molar-refractivity contribution in [1.29, 1.82) is 0 Å². The second-order valence-electron chi connectivity index (χ2n) is 3.30. The van der Waals surface area contributed by atoms with Crippen molar-refractivity contribution in [2.75, 3.05) is 13.7 Å². The van der Waals surface area contributed by atoms with Gasteiger partial charge in [-0.15, -0.1) is 0 Å². The molecule has 1 aromatic rings. The molecule has 1 unspecified atom stereocenters. The van der Waals surface area contributed by atoms with E-state index in [1.165, 1.54) is 7.11 Å². The Morgan fingerprint density at radius 3 is 2.72 bits per heavy atom. The molecule has 1 aromatic carbocycles. The fourth-order valence-corrected chi connectivity index (χ4v) is 1.63. The van der Waals surface area contributed by atoms with Crippen LogP contribution in [0.15, 0.2) is 6.07 Å². The number of phenols is 1. The zero-order valence-electron chi connectivity index (χ0n) is 9.74. The van der Waals surface area contributed by atoms with Gasteiger partial charge in [-0.25, -0.2) is 4.79 Å². The van der Waals surface area contributed by atoms with Crippen LogP contribution in [0.5, 0.6) is 11.5 Å². The first-order valence-corrected chi connectivity index (χ1v) is 5.41. The average molecular weight is 279 g/mol. The summed E-state index contributed by atoms with van der Waals surface area (Å²) in [6.07, 6.45) is -1.82. The van der Waals surface area contributed by atoms with Gasteiger partial charge in [0, 0.05) is 5.56 Å². The van der Waals surface area contributed by atoms with Gasteiger partial charge in [0.25, 0.3) is 0 Å². The Morgan fingerprint density at radius 1 is 1.61 bits per heavy atom. The highest BCUT2D eigenvalue weighted by Crippen LogP contribution is 2.39. The van der Waals surface area contributed by atoms with Crippen molar-refractivity contribution in [1.82, 2.24) is 0 Å². The molecule has 0 saturated heterocycles. The predicted molar refractivity (Wildman–Crippen MR) is 61.2 cm³/mol. The molecule has 1 rings (SSSR count). The Bertz CT molecular complexity index is 463. The maximum absolute atomic E-state index is 13.6. The molecule has 0 aromatic heterocycles. The zero-order chi connectivity index (χ0) is 13.9. The number of benzene rings is 1. The summed E-state index contributed by atoms with van der Waals surface area (Å²) in [5.41, 5.74) is -0.378. The third kappa shape index (κ3) is 2.65. The molecule has 0 aliphatic heterocycles. The Hall–Kier alpha value is -1.53. The smallest absolute Gasteiger partial charge is 0.339 e. The lowest BCUT2D eigenvalue weighted by atomic mass is 10.1. The summed E-state index contributed by atoms with van der Waals surface area (Å²) >= 11 is 5.69. The van der Waals surface area contributed by atoms with E-state index in [2.05, 4.69) is 9.47 Å². The number of esters is 1. The van der Waals surface area contributed by atoms with Gasteiger partial charge in [0.15, 0.2) is 17.6 Å². The number of aromatic hydroxyl groups is 1. The first-order valence-electron chi connectivity index (χ1n) is 5.03. The first kappa shape index (κ1) is 14.5. The fraction of sp³-hybridized carbons (Fsp3) is 0.364. The lowest BCUT2D eigenvalue weighted by Gasteiger charge is -2.14. The molecule has 0 fully saturated rings. The van der Waals surface area contributed by atoms with Crippen molar-refractivity contribution >= 4 is 17.6 Å². The van der Waals surface area contributed by atoms with Gasteiger partial charge in [-0.3, -0.25) is 0 Å². The van der Waals surface area contributed by atoms with E-state index < -0.39 is 23.6 Å². The van der Waals surface area contributed by atoms with Crippen LogP contribution in [0.25, 0.3) is 0 Å². The monoisotopic (exact) mass is 278 g/mol. The van der Waals surface area contributed by atoms with Gasteiger partial charge >= 0.3 is 5.97 Å². The molecule has 0 aliphatic carbocycles. The molecule has 0 spiro atoms. The van der Waals surface area contributed by atoms with Gasteiger partial charge in [-0.1, -0.05) is 11.6 Å². The van der Waals surface area contributed by atoms with Crippen molar-refractivity contribution in [3.05, 3.63) is 22.5 Å². The predicted octanol–water partition coefficient (Wildman–Crippen LogP) is 1.79. The molecule has 7 heteroatoms. The van der Waals surface area contributed by atoms with Gasteiger partial charge < -0.3 is 19.7 Å². The molecule has 0 radical (unpaired) electrons. The summed E-state index contributed by atoms with van der Waals surface area (Å²) in [7, 11) is 1.17. The van der Waals surface area contributed by atoms with E-state index in [0.29, 0.717) is 0 Å². The third-order valence-corrected chi connectivity index (χ3v) is 2.47. The van der Waals surface area contributed by atoms with E-state index in [1.807, 2.05) is 0 Å². The van der Waals surface area contributed by atoms with Crippen molar-refractivity contribution < 1.29 is 28.9 Å². The second kappa shape index (κ2) is 5.88. The molecular formula is C11H12ClFO5. The highest BCUT2D eigenvalue weighted by Gasteiger charge is 2.27. The van der Waals surface area contributed by atoms with Crippen LogP contribution in [0.3, 0.4) is 0 Å². The number of hydrogen-bond donors (Lipinski definition) is 2. The minimum atomic E-state index is -1.82. The molecule has 18 heavy (non-hydrogen) atoms. The maximum Gasteiger partial charge on any atom is 0.339 e. The van der Waals surface area contributed by atoms with Crippen molar-refractivity contribution in [3.63, 3.8) is 0 Å². The number of methoxy groups -OCH3 is 1. The number of carbonyl (C=O) groups is 1. The normalized spacial score (nSPS) is 12.1. The first-order chi connectivity index (χ1) is 8.43. The van der Waals surface area contributed by atoms with Gasteiger partial charge in [-0.2, -0.15) is 4.39 Å². The summed E-state index contributed by atoms with van der Waals surface area (Å²) in [6, 6.07) is 1.04. The number of hydrogen-bond acceptors (Lipinski definition) is 5. The second-order valence-corrected chi connectivity index (χ2v) is 3.71. The van der Waals surface area contributed by atoms with Crippen molar-refractivity contribution in [2.45, 2.75) is 13.0 Å². The number of carbonyl (C=O) groups excluding carboxylic acids is 1. The van der Waals surface area contributed by atoms with E-state index in [4.69, 9.17) is 11.6 Å². The van der Waals surface area contributed by atoms with Crippen LogP contribution < -0.4 is 4.74 Å². The standard InChI is InChI=1S/C11H12ClFO5/c1-3-18-11(16)9(15)5-4-6(12)10(17-2)7(13)8(5)14/h4,9,14-15H,3H2,1-2H3. The van der Waals surface area contributed by atoms with E-state index in [-0.39, 0.29) is 22.9 Å². The van der Waals surface area contributed by atoms with E-state index in [9.17, 15) is 19.4 Å². The molecule has 0 amide bonds. The summed E-state index contributed by atoms with van der Waals surface area (Å²) in [4.78, 5) is 11.3. The summed E-state index contributed by atoms with van der Waals surface area (Å²) < 4.78 is 22.8. The minimum Gasteiger partial charge on any atom is -0.504 e. The van der Waals surface area contributed by atoms with Gasteiger partial charge in [0.1, 0.15) is 0 Å². The third-order valence-electron chi connectivity index (χ3n) is 2.19. The van der Waals surface area contributed by atoms with Gasteiger partial charge in [-0.05, 0) is 13.0 Å². The van der Waals surface area contributed by atoms with Crippen LogP contribution >= 0.6 is 11.6 Å². The summed E-state index contributed by atoms with van der Waals surface area (Å²) in [6.45, 7) is 1.59. The quantitative estimate of drug-likeness (QED) is 0.821. The van der Waals surface area contributed by atoms with E-state index in [1.54, 1.807) is 6.92 Å². The molecule has 0 bridgehead atoms. The number of phenolic OH excluding ortho intramolecular Hbond substituents is 1. The number of aliphatic hydroxyl groups is 1. The molecule has 0 aliphatic rings. The average Bonchev–Trinajstić information content (AvgIpc) is 2.34. The van der Waals surface area contributed by atoms with Crippen molar-refractivity contribution in [3.8, 4) is 11.5 Å². The van der Waals surface area contributed by atoms with E-state index >= 15 is 0 Å². The molecule has 0 heterocycles. The topological polar surface area (TPSA) is 76.0 Å². The van der Waals surface area contributed by atoms with Crippen LogP contribution in [0.1, 0.15) is 18.6 Å². The SMILES string of the molecule is CCOC(=O)C(O)c1cc(Cl)c(OC)c(F)c1O. The summed E-state index contributed by atoms with van der Waals surface area (Å²) in [5, 5.41) is 19.0. The Kier molecular flexibility index (Phi) is 4.75. The van der Waals surface area contributed by atoms with Crippen LogP contribution in [-0.4, -0.2) is 29.9 Å². The van der Waals surface area contributed by atoms with Gasteiger partial charge in [0.2, 0.25) is 5.82 Å². The van der Waals surface area contributed by atoms with Crippen LogP contribution in [0.4, 0.5) is 4.39 Å². The molecule has 2 N–H and O–H groups in total. The van der Waals surface area contributed by atoms with Crippen LogP contribution in [0, 0.1) is 5.82 Å². The van der Waals surface area contributed by atoms with E-state index in [0.717, 1.165) is 6.07 Å². The molecule has 0 saturated carbocycles. The fourth-order valence-electron chi connectivity index (χ4n) is 1.35. The molecule has 1 atom stereocenters. The lowest BCUT2D eigenvalue weighted by molar-refractivity contribution is -0.153. The molecular weight excluding hydrogens is 267 g/mol. The highest BCUT2D eigenvalue weighted by atomic mass is 35.5. The number of ether oxygens (including phenoxy) is 2. The Morgan fingerprint density at radius 2 is 2.22 bits per heavy atom. The Balaban J connectivity index is 3.22. The Labute approximate surface area is 108 Å². The molecule has 5 nitrogen and oxygen atoms in total. The number of rotatable bonds is 4. The van der Waals surface area contributed by atoms with Gasteiger partial charge in [0.05, 0.1) is 18.7 Å². The number of halogens is 2. The van der Waals surface area contributed by atoms with Crippen molar-refractivity contribution in [2.24, 2.45) is 0 Å².